The first kappa shape index (κ1) is 18.6. The van der Waals surface area contributed by atoms with Gasteiger partial charge in [0, 0.05) is 46.3 Å². The van der Waals surface area contributed by atoms with Gasteiger partial charge < -0.3 is 0 Å². The minimum Gasteiger partial charge on any atom is -0.281 e. The van der Waals surface area contributed by atoms with Gasteiger partial charge in [-0.25, -0.2) is 0 Å². The highest BCUT2D eigenvalue weighted by Crippen LogP contribution is 2.61. The third-order valence-electron chi connectivity index (χ3n) is 1.24. The van der Waals surface area contributed by atoms with E-state index in [9.17, 15) is 18.7 Å². The van der Waals surface area contributed by atoms with E-state index in [4.69, 9.17) is 20.6 Å². The lowest BCUT2D eigenvalue weighted by atomic mass is 10.6. The second kappa shape index (κ2) is 8.04. The molecule has 2 amide bonds. The second-order valence-electron chi connectivity index (χ2n) is 2.30. The van der Waals surface area contributed by atoms with Crippen molar-refractivity contribution in [3.05, 3.63) is 0 Å². The van der Waals surface area contributed by atoms with Gasteiger partial charge >= 0.3 is 23.2 Å². The van der Waals surface area contributed by atoms with Crippen molar-refractivity contribution < 1.29 is 18.7 Å². The fourth-order valence-corrected chi connectivity index (χ4v) is 4.34. The van der Waals surface area contributed by atoms with Crippen molar-refractivity contribution in [2.45, 2.75) is 0 Å². The van der Waals surface area contributed by atoms with Crippen molar-refractivity contribution in [3.63, 3.8) is 0 Å². The van der Waals surface area contributed by atoms with Crippen LogP contribution < -0.4 is 30.7 Å². The van der Waals surface area contributed by atoms with Crippen LogP contribution in [0.3, 0.4) is 0 Å². The van der Waals surface area contributed by atoms with Crippen molar-refractivity contribution in [3.8, 4) is 0 Å². The number of amides is 2. The molecule has 0 fully saturated rings. The molecule has 0 aromatic carbocycles. The second-order valence-corrected chi connectivity index (χ2v) is 15.7. The van der Waals surface area contributed by atoms with Crippen LogP contribution in [0, 0.1) is 0 Å². The van der Waals surface area contributed by atoms with E-state index in [1.165, 1.54) is 0 Å². The number of carbonyl (C=O) groups is 2. The number of hydrogen-bond acceptors (Lipinski definition) is 12. The maximum absolute atomic E-state index is 11.6. The van der Waals surface area contributed by atoms with Gasteiger partial charge in [0.15, 0.2) is 0 Å². The zero-order chi connectivity index (χ0) is 14.4. The molecule has 0 saturated heterocycles. The van der Waals surface area contributed by atoms with E-state index in [-0.39, 0.29) is 0 Å². The van der Waals surface area contributed by atoms with Gasteiger partial charge in [0.25, 0.3) is 0 Å². The number of rotatable bonds is 6. The highest BCUT2D eigenvalue weighted by Gasteiger charge is 2.32. The van der Waals surface area contributed by atoms with Crippen LogP contribution in [0.5, 0.6) is 0 Å². The van der Waals surface area contributed by atoms with Crippen LogP contribution in [0.1, 0.15) is 0 Å². The summed E-state index contributed by atoms with van der Waals surface area (Å²) in [5.41, 5.74) is -7.02. The summed E-state index contributed by atoms with van der Waals surface area (Å²) in [6.45, 7) is 0. The molecule has 16 heteroatoms. The maximum Gasteiger partial charge on any atom is 0.316 e. The summed E-state index contributed by atoms with van der Waals surface area (Å²) < 4.78 is 23.2. The summed E-state index contributed by atoms with van der Waals surface area (Å²) >= 11 is 1.20. The molecule has 0 saturated carbocycles. The van der Waals surface area contributed by atoms with Crippen LogP contribution in [0.2, 0.25) is 0 Å². The highest BCUT2D eigenvalue weighted by atomic mass is 33.1. The highest BCUT2D eigenvalue weighted by molar-refractivity contribution is 8.89. The Kier molecular flexibility index (Phi) is 8.33. The minimum atomic E-state index is -3.51. The van der Waals surface area contributed by atoms with Crippen molar-refractivity contribution in [2.75, 3.05) is 0 Å². The Hall–Kier alpha value is 0.640. The largest absolute Gasteiger partial charge is 0.316 e. The van der Waals surface area contributed by atoms with Crippen LogP contribution in [0.25, 0.3) is 0 Å². The van der Waals surface area contributed by atoms with E-state index in [1.807, 2.05) is 10.2 Å². The zero-order valence-electron chi connectivity index (χ0n) is 8.47. The first-order valence-corrected chi connectivity index (χ1v) is 13.0. The molecular formula is C2H10N6O4P2S4. The number of nitrogens with two attached hydrogens (primary N) is 4. The smallest absolute Gasteiger partial charge is 0.281 e. The third kappa shape index (κ3) is 5.74. The van der Waals surface area contributed by atoms with Gasteiger partial charge in [0.05, 0.1) is 0 Å². The van der Waals surface area contributed by atoms with Crippen molar-refractivity contribution >= 4 is 69.5 Å². The van der Waals surface area contributed by atoms with Crippen LogP contribution in [-0.2, 0) is 18.7 Å². The summed E-state index contributed by atoms with van der Waals surface area (Å²) in [6.07, 6.45) is 0. The average Bonchev–Trinajstić information content (AvgIpc) is 2.38. The Bertz CT molecular complexity index is 364. The summed E-state index contributed by atoms with van der Waals surface area (Å²) in [7, 11) is 0. The molecule has 0 rings (SSSR count). The van der Waals surface area contributed by atoms with Gasteiger partial charge in [0.1, 0.15) is 0 Å². The van der Waals surface area contributed by atoms with Gasteiger partial charge in [-0.15, -0.1) is 0 Å². The van der Waals surface area contributed by atoms with E-state index in [0.717, 1.165) is 0 Å². The van der Waals surface area contributed by atoms with Crippen LogP contribution in [-0.4, -0.2) is 11.8 Å². The zero-order valence-corrected chi connectivity index (χ0v) is 13.5. The fourth-order valence-electron chi connectivity index (χ4n) is 0.505. The predicted octanol–water partition coefficient (Wildman–Crippen LogP) is -0.137. The van der Waals surface area contributed by atoms with Crippen molar-refractivity contribution in [1.82, 2.24) is 10.2 Å². The predicted molar refractivity (Wildman–Crippen MR) is 78.6 cm³/mol. The number of hydrogen-bond donors (Lipinski definition) is 6. The Labute approximate surface area is 119 Å². The topological polar surface area (TPSA) is 196 Å². The molecule has 10 nitrogen and oxygen atoms in total. The molecule has 0 atom stereocenters. The van der Waals surface area contributed by atoms with Crippen molar-refractivity contribution in [2.24, 2.45) is 20.6 Å². The van der Waals surface area contributed by atoms with E-state index in [1.54, 1.807) is 0 Å². The molecule has 18 heavy (non-hydrogen) atoms. The van der Waals surface area contributed by atoms with Crippen LogP contribution in [0.4, 0.5) is 0 Å². The summed E-state index contributed by atoms with van der Waals surface area (Å²) in [4.78, 5) is 22.7. The lowest BCUT2D eigenvalue weighted by molar-refractivity contribution is -0.137. The summed E-state index contributed by atoms with van der Waals surface area (Å²) in [6, 6.07) is 0. The third-order valence-corrected chi connectivity index (χ3v) is 10.8. The fraction of sp³-hybridized carbons (Fsp3) is 0. The molecule has 0 radical (unpaired) electrons. The number of carbonyl (C=O) groups excluding carboxylic acids is 2. The molecule has 0 spiro atoms. The Morgan fingerprint density at radius 1 is 0.722 bits per heavy atom. The van der Waals surface area contributed by atoms with Gasteiger partial charge in [-0.05, 0) is 0 Å². The first-order valence-electron chi connectivity index (χ1n) is 3.64. The monoisotopic (exact) mass is 372 g/mol. The molecule has 0 bridgehead atoms. The summed E-state index contributed by atoms with van der Waals surface area (Å²) in [5.74, 6) is -2.62. The molecule has 106 valence electrons. The Morgan fingerprint density at radius 2 is 0.944 bits per heavy atom. The van der Waals surface area contributed by atoms with E-state index < -0.39 is 23.2 Å². The van der Waals surface area contributed by atoms with Crippen LogP contribution in [0.15, 0.2) is 0 Å². The van der Waals surface area contributed by atoms with Gasteiger partial charge in [-0.1, -0.05) is 0 Å². The molecule has 0 aliphatic carbocycles. The van der Waals surface area contributed by atoms with Gasteiger partial charge in [0.2, 0.25) is 0 Å². The van der Waals surface area contributed by atoms with Crippen LogP contribution >= 0.6 is 57.7 Å². The van der Waals surface area contributed by atoms with Gasteiger partial charge in [-0.3, -0.25) is 49.4 Å². The molecular weight excluding hydrogens is 362 g/mol. The molecule has 10 N–H and O–H groups in total. The first-order chi connectivity index (χ1) is 8.25. The SMILES string of the molecule is NSP(=O)(NC(=O)C(=O)NP(=O)(SN)SN)SN. The minimum absolute atomic E-state index is 0.300. The molecule has 0 aromatic rings. The molecule has 0 heterocycles. The normalized spacial score (nSPS) is 12.0. The average molecular weight is 372 g/mol. The lowest BCUT2D eigenvalue weighted by Gasteiger charge is -2.15. The Morgan fingerprint density at radius 3 is 1.11 bits per heavy atom. The lowest BCUT2D eigenvalue weighted by Crippen LogP contribution is -2.36. The van der Waals surface area contributed by atoms with E-state index >= 15 is 0 Å². The quantitative estimate of drug-likeness (QED) is 0.205. The molecule has 0 unspecified atom stereocenters. The standard InChI is InChI=1S/C2H10N6O4P2S4/c3-15-13(11,16-4)7-1(9)2(10)8-14(12,17-5)18-6/h3-6H2,(H,7,9,11)(H,8,10,12). The molecule has 0 aliphatic rings. The molecule has 0 aromatic heterocycles. The number of nitrogens with one attached hydrogen (secondary N) is 2. The van der Waals surface area contributed by atoms with E-state index in [2.05, 4.69) is 0 Å². The van der Waals surface area contributed by atoms with E-state index in [0.29, 0.717) is 46.3 Å². The Balaban J connectivity index is 4.69. The molecule has 0 aliphatic heterocycles. The summed E-state index contributed by atoms with van der Waals surface area (Å²) in [5, 5.41) is 23.8. The van der Waals surface area contributed by atoms with Crippen molar-refractivity contribution in [1.29, 1.82) is 0 Å². The maximum atomic E-state index is 11.6. The van der Waals surface area contributed by atoms with Gasteiger partial charge in [-0.2, -0.15) is 0 Å².